The number of nitriles is 1. The number of carbonyl (C=O) groups is 1. The van der Waals surface area contributed by atoms with Gasteiger partial charge in [0.2, 0.25) is 0 Å². The number of fused-ring (bicyclic) bond motifs is 1. The average molecular weight is 555 g/mol. The van der Waals surface area contributed by atoms with E-state index in [4.69, 9.17) is 0 Å². The molecule has 3 aromatic rings. The molecule has 1 amide bonds. The number of alkyl halides is 3. The monoisotopic (exact) mass is 554 g/mol. The third kappa shape index (κ3) is 6.91. The van der Waals surface area contributed by atoms with E-state index in [-0.39, 0.29) is 34.7 Å². The molecule has 1 fully saturated rings. The van der Waals surface area contributed by atoms with Gasteiger partial charge in [-0.1, -0.05) is 5.92 Å². The van der Waals surface area contributed by atoms with Gasteiger partial charge in [-0.3, -0.25) is 9.78 Å². The van der Waals surface area contributed by atoms with Crippen LogP contribution in [0.15, 0.2) is 36.5 Å². The summed E-state index contributed by atoms with van der Waals surface area (Å²) in [6, 6.07) is 8.98. The number of carbonyl (C=O) groups excluding carboxylic acids is 1. The Morgan fingerprint density at radius 3 is 2.52 bits per heavy atom. The number of piperidine rings is 1. The van der Waals surface area contributed by atoms with Crippen LogP contribution in [0, 0.1) is 29.0 Å². The van der Waals surface area contributed by atoms with Crippen molar-refractivity contribution in [3.8, 4) is 17.9 Å². The summed E-state index contributed by atoms with van der Waals surface area (Å²) >= 11 is 0. The first-order valence-corrected chi connectivity index (χ1v) is 12.9. The van der Waals surface area contributed by atoms with Gasteiger partial charge in [-0.2, -0.15) is 18.4 Å². The number of likely N-dealkylation sites (tertiary alicyclic amines) is 1. The van der Waals surface area contributed by atoms with Gasteiger partial charge in [-0.15, -0.1) is 0 Å². The highest BCUT2D eigenvalue weighted by molar-refractivity contribution is 6.07. The van der Waals surface area contributed by atoms with E-state index >= 15 is 0 Å². The minimum Gasteiger partial charge on any atom is -0.373 e. The molecular weight excluding hydrogens is 524 g/mol. The lowest BCUT2D eigenvalue weighted by Gasteiger charge is -2.29. The number of halogens is 4. The van der Waals surface area contributed by atoms with Crippen LogP contribution in [-0.4, -0.2) is 59.3 Å². The van der Waals surface area contributed by atoms with Gasteiger partial charge in [0.1, 0.15) is 12.4 Å². The summed E-state index contributed by atoms with van der Waals surface area (Å²) in [7, 11) is 1.99. The van der Waals surface area contributed by atoms with Gasteiger partial charge in [-0.05, 0) is 83.1 Å². The van der Waals surface area contributed by atoms with Gasteiger partial charge in [0, 0.05) is 11.4 Å². The van der Waals surface area contributed by atoms with E-state index in [0.717, 1.165) is 42.6 Å². The zero-order valence-corrected chi connectivity index (χ0v) is 22.5. The van der Waals surface area contributed by atoms with Crippen molar-refractivity contribution in [3.63, 3.8) is 0 Å². The lowest BCUT2D eigenvalue weighted by Crippen LogP contribution is -2.43. The minimum absolute atomic E-state index is 0.0114. The summed E-state index contributed by atoms with van der Waals surface area (Å²) in [6.07, 6.45) is -1.58. The molecule has 0 spiro atoms. The second kappa shape index (κ2) is 11.6. The molecule has 1 aliphatic rings. The van der Waals surface area contributed by atoms with Crippen LogP contribution < -0.4 is 10.6 Å². The molecule has 0 radical (unpaired) electrons. The Bertz CT molecular complexity index is 1480. The quantitative estimate of drug-likeness (QED) is 0.337. The molecule has 210 valence electrons. The predicted molar refractivity (Wildman–Crippen MR) is 144 cm³/mol. The van der Waals surface area contributed by atoms with Crippen molar-refractivity contribution in [3.05, 3.63) is 59.3 Å². The zero-order valence-electron chi connectivity index (χ0n) is 22.5. The Labute approximate surface area is 230 Å². The first-order valence-electron chi connectivity index (χ1n) is 12.9. The van der Waals surface area contributed by atoms with E-state index in [9.17, 15) is 27.6 Å². The molecule has 1 aromatic carbocycles. The number of hydrogen-bond acceptors (Lipinski definition) is 5. The Balaban J connectivity index is 1.59. The maximum absolute atomic E-state index is 14.6. The van der Waals surface area contributed by atoms with Crippen molar-refractivity contribution >= 4 is 22.5 Å². The van der Waals surface area contributed by atoms with Crippen LogP contribution in [0.5, 0.6) is 0 Å². The van der Waals surface area contributed by atoms with Crippen molar-refractivity contribution < 1.29 is 22.4 Å². The number of amides is 1. The molecule has 2 aromatic heterocycles. The van der Waals surface area contributed by atoms with Crippen molar-refractivity contribution in [2.24, 2.45) is 0 Å². The second-order valence-electron chi connectivity index (χ2n) is 10.5. The number of nitrogens with one attached hydrogen (secondary N) is 2. The van der Waals surface area contributed by atoms with Crippen LogP contribution in [-0.2, 0) is 12.0 Å². The van der Waals surface area contributed by atoms with E-state index in [2.05, 4.69) is 38.4 Å². The number of anilines is 1. The lowest BCUT2D eigenvalue weighted by molar-refractivity contribution is -0.140. The molecule has 0 bridgehead atoms. The number of benzene rings is 1. The summed E-state index contributed by atoms with van der Waals surface area (Å²) in [5, 5.41) is 15.4. The number of nitrogens with zero attached hydrogens (tertiary/aromatic N) is 4. The molecule has 4 rings (SSSR count). The van der Waals surface area contributed by atoms with Gasteiger partial charge in [-0.25, -0.2) is 4.39 Å². The van der Waals surface area contributed by atoms with Crippen LogP contribution in [0.3, 0.4) is 0 Å². The Morgan fingerprint density at radius 2 is 1.90 bits per heavy atom. The van der Waals surface area contributed by atoms with E-state index in [1.165, 1.54) is 6.07 Å². The largest absolute Gasteiger partial charge is 0.406 e. The standard InChI is InChI=1S/C29H30F4N6O/c1-28(2,17-34)26-7-6-21(16-36-26)35-10-4-5-22-15-23-24(27(40)37-20-8-11-38(3)12-9-20)13-19(30)14-25(23)39(22)18-29(31,32)33/h6-7,13-16,20,35H,8-12,18H2,1-3H3,(H,37,40). The van der Waals surface area contributed by atoms with Crippen molar-refractivity contribution in [2.75, 3.05) is 32.0 Å². The van der Waals surface area contributed by atoms with Gasteiger partial charge in [0.25, 0.3) is 5.91 Å². The molecule has 7 nitrogen and oxygen atoms in total. The van der Waals surface area contributed by atoms with Gasteiger partial charge in [0.05, 0.1) is 52.4 Å². The van der Waals surface area contributed by atoms with Crippen LogP contribution in [0.2, 0.25) is 0 Å². The van der Waals surface area contributed by atoms with E-state index < -0.39 is 29.9 Å². The normalized spacial score (nSPS) is 14.8. The molecule has 0 aliphatic carbocycles. The molecule has 0 atom stereocenters. The first-order chi connectivity index (χ1) is 18.9. The fourth-order valence-corrected chi connectivity index (χ4v) is 4.59. The molecule has 1 aliphatic heterocycles. The maximum Gasteiger partial charge on any atom is 0.406 e. The highest BCUT2D eigenvalue weighted by Crippen LogP contribution is 2.29. The number of rotatable bonds is 6. The summed E-state index contributed by atoms with van der Waals surface area (Å²) in [6.45, 7) is 3.82. The Hall–Kier alpha value is -4.09. The van der Waals surface area contributed by atoms with Crippen LogP contribution in [0.1, 0.15) is 48.4 Å². The summed E-state index contributed by atoms with van der Waals surface area (Å²) in [4.78, 5) is 19.5. The molecule has 3 heterocycles. The van der Waals surface area contributed by atoms with Crippen LogP contribution in [0.4, 0.5) is 23.2 Å². The molecule has 40 heavy (non-hydrogen) atoms. The summed E-state index contributed by atoms with van der Waals surface area (Å²) < 4.78 is 55.9. The van der Waals surface area contributed by atoms with Crippen LogP contribution in [0.25, 0.3) is 10.9 Å². The van der Waals surface area contributed by atoms with Crippen LogP contribution >= 0.6 is 0 Å². The summed E-state index contributed by atoms with van der Waals surface area (Å²) in [5.74, 6) is 4.20. The smallest absolute Gasteiger partial charge is 0.373 e. The Kier molecular flexibility index (Phi) is 8.36. The minimum atomic E-state index is -4.59. The molecule has 2 N–H and O–H groups in total. The predicted octanol–water partition coefficient (Wildman–Crippen LogP) is 4.83. The maximum atomic E-state index is 14.6. The average Bonchev–Trinajstić information content (AvgIpc) is 3.23. The highest BCUT2D eigenvalue weighted by Gasteiger charge is 2.31. The summed E-state index contributed by atoms with van der Waals surface area (Å²) in [5.41, 5.74) is 0.415. The second-order valence-corrected chi connectivity index (χ2v) is 10.5. The SMILES string of the molecule is CN1CCC(NC(=O)c2cc(F)cc3c2cc(C#CCNc2ccc(C(C)(C)C#N)nc2)n3CC(F)(F)F)CC1. The van der Waals surface area contributed by atoms with E-state index in [0.29, 0.717) is 11.4 Å². The van der Waals surface area contributed by atoms with Gasteiger partial charge >= 0.3 is 6.18 Å². The van der Waals surface area contributed by atoms with E-state index in [1.807, 2.05) is 7.05 Å². The molecule has 1 saturated heterocycles. The number of pyridine rings is 1. The molecule has 0 saturated carbocycles. The fourth-order valence-electron chi connectivity index (χ4n) is 4.59. The first kappa shape index (κ1) is 28.9. The van der Waals surface area contributed by atoms with Crippen molar-refractivity contribution in [1.82, 2.24) is 19.8 Å². The lowest BCUT2D eigenvalue weighted by atomic mass is 9.91. The van der Waals surface area contributed by atoms with Gasteiger partial charge < -0.3 is 20.1 Å². The third-order valence-corrected chi connectivity index (χ3v) is 6.90. The van der Waals surface area contributed by atoms with Crippen molar-refractivity contribution in [2.45, 2.75) is 50.9 Å². The van der Waals surface area contributed by atoms with E-state index in [1.54, 1.807) is 32.2 Å². The molecule has 0 unspecified atom stereocenters. The highest BCUT2D eigenvalue weighted by atomic mass is 19.4. The fraction of sp³-hybridized carbons (Fsp3) is 0.414. The number of aromatic nitrogens is 2. The third-order valence-electron chi connectivity index (χ3n) is 6.90. The molecule has 11 heteroatoms. The topological polar surface area (TPSA) is 86.0 Å². The Morgan fingerprint density at radius 1 is 1.18 bits per heavy atom. The zero-order chi connectivity index (χ0) is 29.1. The van der Waals surface area contributed by atoms with Crippen molar-refractivity contribution in [1.29, 1.82) is 5.26 Å². The molecular formula is C29H30F4N6O. The number of hydrogen-bond donors (Lipinski definition) is 2. The van der Waals surface area contributed by atoms with Gasteiger partial charge in [0.15, 0.2) is 0 Å².